The van der Waals surface area contributed by atoms with Crippen molar-refractivity contribution in [3.63, 3.8) is 0 Å². The van der Waals surface area contributed by atoms with Gasteiger partial charge in [-0.15, -0.1) is 0 Å². The second kappa shape index (κ2) is 5.64. The van der Waals surface area contributed by atoms with Crippen LogP contribution in [0.4, 0.5) is 5.13 Å². The van der Waals surface area contributed by atoms with Crippen molar-refractivity contribution in [2.75, 3.05) is 32.1 Å². The minimum Gasteiger partial charge on any atom is -0.349 e. The Kier molecular flexibility index (Phi) is 3.85. The van der Waals surface area contributed by atoms with Crippen molar-refractivity contribution in [1.82, 2.24) is 9.88 Å². The van der Waals surface area contributed by atoms with Gasteiger partial charge in [-0.3, -0.25) is 4.79 Å². The molecule has 0 radical (unpaired) electrons. The molecule has 0 unspecified atom stereocenters. The quantitative estimate of drug-likeness (QED) is 0.856. The number of thiazole rings is 1. The van der Waals surface area contributed by atoms with E-state index in [1.54, 1.807) is 16.2 Å². The third kappa shape index (κ3) is 2.88. The Morgan fingerprint density at radius 1 is 1.33 bits per heavy atom. The first-order valence-electron chi connectivity index (χ1n) is 7.38. The number of amides is 1. The number of hydrogen-bond donors (Lipinski definition) is 0. The zero-order valence-corrected chi connectivity index (χ0v) is 13.6. The van der Waals surface area contributed by atoms with Crippen molar-refractivity contribution in [2.45, 2.75) is 19.8 Å². The molecule has 0 spiro atoms. The molecule has 1 aliphatic heterocycles. The van der Waals surface area contributed by atoms with Crippen molar-refractivity contribution < 1.29 is 4.79 Å². The van der Waals surface area contributed by atoms with Crippen LogP contribution in [-0.4, -0.2) is 43.0 Å². The summed E-state index contributed by atoms with van der Waals surface area (Å²) in [4.78, 5) is 20.8. The molecule has 5 heteroatoms. The lowest BCUT2D eigenvalue weighted by Gasteiger charge is -2.32. The van der Waals surface area contributed by atoms with Crippen molar-refractivity contribution >= 4 is 32.6 Å². The number of aromatic nitrogens is 1. The van der Waals surface area contributed by atoms with Crippen molar-refractivity contribution in [2.24, 2.45) is 5.92 Å². The number of aryl methyl sites for hydroxylation is 1. The summed E-state index contributed by atoms with van der Waals surface area (Å²) in [7, 11) is 3.68. The van der Waals surface area contributed by atoms with E-state index in [4.69, 9.17) is 4.98 Å². The molecule has 0 bridgehead atoms. The molecule has 1 aliphatic rings. The third-order valence-corrected chi connectivity index (χ3v) is 5.17. The van der Waals surface area contributed by atoms with E-state index in [1.807, 2.05) is 14.1 Å². The molecule has 0 atom stereocenters. The number of benzene rings is 1. The number of anilines is 1. The second-order valence-electron chi connectivity index (χ2n) is 5.96. The van der Waals surface area contributed by atoms with Gasteiger partial charge in [0.1, 0.15) is 0 Å². The number of piperidine rings is 1. The third-order valence-electron chi connectivity index (χ3n) is 4.09. The monoisotopic (exact) mass is 303 g/mol. The van der Waals surface area contributed by atoms with Crippen LogP contribution in [0.1, 0.15) is 18.4 Å². The molecule has 1 saturated heterocycles. The molecule has 2 heterocycles. The van der Waals surface area contributed by atoms with Gasteiger partial charge in [0.2, 0.25) is 5.91 Å². The van der Waals surface area contributed by atoms with E-state index in [0.717, 1.165) is 36.6 Å². The van der Waals surface area contributed by atoms with Crippen LogP contribution in [0.15, 0.2) is 18.2 Å². The summed E-state index contributed by atoms with van der Waals surface area (Å²) in [6.45, 7) is 3.95. The topological polar surface area (TPSA) is 36.4 Å². The van der Waals surface area contributed by atoms with Crippen LogP contribution in [0, 0.1) is 12.8 Å². The molecule has 0 saturated carbocycles. The highest BCUT2D eigenvalue weighted by Crippen LogP contribution is 2.32. The van der Waals surface area contributed by atoms with Crippen LogP contribution in [0.2, 0.25) is 0 Å². The lowest BCUT2D eigenvalue weighted by atomic mass is 9.96. The Labute approximate surface area is 129 Å². The fraction of sp³-hybridized carbons (Fsp3) is 0.500. The number of carbonyl (C=O) groups excluding carboxylic acids is 1. The molecule has 112 valence electrons. The van der Waals surface area contributed by atoms with E-state index >= 15 is 0 Å². The number of fused-ring (bicyclic) bond motifs is 1. The van der Waals surface area contributed by atoms with Gasteiger partial charge in [0.25, 0.3) is 0 Å². The molecule has 3 rings (SSSR count). The number of rotatable bonds is 2. The Hall–Kier alpha value is -1.62. The summed E-state index contributed by atoms with van der Waals surface area (Å²) in [6, 6.07) is 6.39. The van der Waals surface area contributed by atoms with Gasteiger partial charge in [-0.2, -0.15) is 0 Å². The van der Waals surface area contributed by atoms with E-state index in [2.05, 4.69) is 30.0 Å². The highest BCUT2D eigenvalue weighted by molar-refractivity contribution is 7.22. The van der Waals surface area contributed by atoms with Gasteiger partial charge in [-0.05, 0) is 37.5 Å². The fourth-order valence-electron chi connectivity index (χ4n) is 2.84. The summed E-state index contributed by atoms with van der Waals surface area (Å²) in [6.07, 6.45) is 1.85. The molecule has 2 aromatic rings. The molecule has 1 aromatic carbocycles. The van der Waals surface area contributed by atoms with Crippen LogP contribution < -0.4 is 4.90 Å². The maximum absolute atomic E-state index is 12.0. The molecule has 0 N–H and O–H groups in total. The first-order chi connectivity index (χ1) is 10.0. The van der Waals surface area contributed by atoms with E-state index in [1.165, 1.54) is 10.3 Å². The predicted octanol–water partition coefficient (Wildman–Crippen LogP) is 2.91. The summed E-state index contributed by atoms with van der Waals surface area (Å²) in [5, 5.41) is 1.09. The molecule has 4 nitrogen and oxygen atoms in total. The van der Waals surface area contributed by atoms with Gasteiger partial charge in [0, 0.05) is 33.1 Å². The van der Waals surface area contributed by atoms with Gasteiger partial charge in [-0.1, -0.05) is 17.4 Å². The van der Waals surface area contributed by atoms with Crippen LogP contribution in [-0.2, 0) is 4.79 Å². The summed E-state index contributed by atoms with van der Waals surface area (Å²) >= 11 is 1.75. The smallest absolute Gasteiger partial charge is 0.225 e. The normalized spacial score (nSPS) is 16.4. The Bertz CT molecular complexity index is 657. The first kappa shape index (κ1) is 14.3. The van der Waals surface area contributed by atoms with Crippen molar-refractivity contribution in [3.05, 3.63) is 23.8 Å². The molecule has 21 heavy (non-hydrogen) atoms. The minimum absolute atomic E-state index is 0.174. The predicted molar refractivity (Wildman–Crippen MR) is 88.0 cm³/mol. The van der Waals surface area contributed by atoms with Crippen LogP contribution in [0.25, 0.3) is 10.2 Å². The van der Waals surface area contributed by atoms with E-state index in [9.17, 15) is 4.79 Å². The SMILES string of the molecule is Cc1ccc2nc(N3CCC(C(=O)N(C)C)CC3)sc2c1. The average Bonchev–Trinajstić information content (AvgIpc) is 2.89. The van der Waals surface area contributed by atoms with Gasteiger partial charge in [-0.25, -0.2) is 4.98 Å². The van der Waals surface area contributed by atoms with Gasteiger partial charge in [0.15, 0.2) is 5.13 Å². The largest absolute Gasteiger partial charge is 0.349 e. The summed E-state index contributed by atoms with van der Waals surface area (Å²) in [5.41, 5.74) is 2.35. The fourth-order valence-corrected chi connectivity index (χ4v) is 3.95. The molecule has 1 fully saturated rings. The molecule has 1 aromatic heterocycles. The minimum atomic E-state index is 0.174. The van der Waals surface area contributed by atoms with Crippen molar-refractivity contribution in [1.29, 1.82) is 0 Å². The van der Waals surface area contributed by atoms with E-state index < -0.39 is 0 Å². The lowest BCUT2D eigenvalue weighted by molar-refractivity contribution is -0.133. The summed E-state index contributed by atoms with van der Waals surface area (Å²) in [5.74, 6) is 0.433. The highest BCUT2D eigenvalue weighted by atomic mass is 32.1. The number of nitrogens with zero attached hydrogens (tertiary/aromatic N) is 3. The molecular weight excluding hydrogens is 282 g/mol. The van der Waals surface area contributed by atoms with Gasteiger partial charge < -0.3 is 9.80 Å². The van der Waals surface area contributed by atoms with Crippen molar-refractivity contribution in [3.8, 4) is 0 Å². The van der Waals surface area contributed by atoms with E-state index in [0.29, 0.717) is 0 Å². The van der Waals surface area contributed by atoms with Gasteiger partial charge in [0.05, 0.1) is 10.2 Å². The maximum Gasteiger partial charge on any atom is 0.225 e. The highest BCUT2D eigenvalue weighted by Gasteiger charge is 2.27. The molecular formula is C16H21N3OS. The number of carbonyl (C=O) groups is 1. The molecule has 1 amide bonds. The van der Waals surface area contributed by atoms with E-state index in [-0.39, 0.29) is 11.8 Å². The zero-order chi connectivity index (χ0) is 15.0. The Morgan fingerprint density at radius 2 is 2.05 bits per heavy atom. The zero-order valence-electron chi connectivity index (χ0n) is 12.8. The maximum atomic E-state index is 12.0. The van der Waals surface area contributed by atoms with Crippen LogP contribution >= 0.6 is 11.3 Å². The van der Waals surface area contributed by atoms with Crippen LogP contribution in [0.3, 0.4) is 0 Å². The lowest BCUT2D eigenvalue weighted by Crippen LogP contribution is -2.40. The number of hydrogen-bond acceptors (Lipinski definition) is 4. The van der Waals surface area contributed by atoms with Gasteiger partial charge >= 0.3 is 0 Å². The second-order valence-corrected chi connectivity index (χ2v) is 6.97. The first-order valence-corrected chi connectivity index (χ1v) is 8.19. The Balaban J connectivity index is 1.72. The summed E-state index contributed by atoms with van der Waals surface area (Å²) < 4.78 is 1.25. The standard InChI is InChI=1S/C16H21N3OS/c1-11-4-5-13-14(10-11)21-16(17-13)19-8-6-12(7-9-19)15(20)18(2)3/h4-5,10,12H,6-9H2,1-3H3. The molecule has 0 aliphatic carbocycles. The average molecular weight is 303 g/mol. The van der Waals surface area contributed by atoms with Crippen LogP contribution in [0.5, 0.6) is 0 Å². The Morgan fingerprint density at radius 3 is 2.71 bits per heavy atom.